The number of hydrogen-bond donors (Lipinski definition) is 1. The minimum Gasteiger partial charge on any atom is -0.379 e. The Bertz CT molecular complexity index is 676. The highest BCUT2D eigenvalue weighted by Gasteiger charge is 2.28. The molecule has 0 bridgehead atoms. The molecule has 1 aliphatic heterocycles. The summed E-state index contributed by atoms with van der Waals surface area (Å²) in [6.07, 6.45) is 2.32. The number of ether oxygens (including phenoxy) is 1. The highest BCUT2D eigenvalue weighted by atomic mass is 32.2. The molecule has 2 aliphatic rings. The summed E-state index contributed by atoms with van der Waals surface area (Å²) in [7, 11) is -1.47. The Hall–Kier alpha value is -1.16. The van der Waals surface area contributed by atoms with Crippen LogP contribution in [0.15, 0.2) is 21.3 Å². The van der Waals surface area contributed by atoms with Crippen molar-refractivity contribution >= 4 is 27.3 Å². The molecule has 1 aromatic heterocycles. The van der Waals surface area contributed by atoms with Crippen molar-refractivity contribution in [3.8, 4) is 0 Å². The molecule has 0 amide bonds. The molecule has 3 rings (SSSR count). The molecule has 1 aliphatic carbocycles. The van der Waals surface area contributed by atoms with E-state index in [2.05, 4.69) is 4.99 Å². The molecule has 2 N–H and O–H groups in total. The van der Waals surface area contributed by atoms with Crippen molar-refractivity contribution in [1.82, 2.24) is 9.21 Å². The van der Waals surface area contributed by atoms with Crippen molar-refractivity contribution in [3.63, 3.8) is 0 Å². The number of morpholine rings is 1. The lowest BCUT2D eigenvalue weighted by molar-refractivity contribution is 0.0731. The van der Waals surface area contributed by atoms with Crippen molar-refractivity contribution in [1.29, 1.82) is 0 Å². The Balaban J connectivity index is 1.66. The molecule has 1 aromatic rings. The van der Waals surface area contributed by atoms with Crippen LogP contribution in [0.2, 0.25) is 0 Å². The molecular weight excluding hydrogens is 336 g/mol. The molecule has 0 aromatic carbocycles. The van der Waals surface area contributed by atoms with E-state index in [1.807, 2.05) is 18.0 Å². The van der Waals surface area contributed by atoms with Gasteiger partial charge in [0.2, 0.25) is 0 Å². The zero-order valence-electron chi connectivity index (χ0n) is 13.1. The lowest BCUT2D eigenvalue weighted by Crippen LogP contribution is -2.40. The summed E-state index contributed by atoms with van der Waals surface area (Å²) in [5.41, 5.74) is 5.96. The lowest BCUT2D eigenvalue weighted by atomic mass is 10.5. The highest BCUT2D eigenvalue weighted by molar-refractivity contribution is 7.91. The number of sulfonamides is 1. The van der Waals surface area contributed by atoms with Gasteiger partial charge in [-0.15, -0.1) is 11.3 Å². The Kier molecular flexibility index (Phi) is 4.90. The van der Waals surface area contributed by atoms with Crippen LogP contribution in [0.25, 0.3) is 0 Å². The van der Waals surface area contributed by atoms with Gasteiger partial charge in [0.25, 0.3) is 10.0 Å². The first kappa shape index (κ1) is 16.7. The van der Waals surface area contributed by atoms with E-state index in [1.54, 1.807) is 6.07 Å². The van der Waals surface area contributed by atoms with Gasteiger partial charge in [0, 0.05) is 31.1 Å². The second kappa shape index (κ2) is 6.76. The van der Waals surface area contributed by atoms with Crippen LogP contribution in [-0.4, -0.2) is 63.0 Å². The van der Waals surface area contributed by atoms with E-state index >= 15 is 0 Å². The number of nitrogens with zero attached hydrogens (tertiary/aromatic N) is 3. The average molecular weight is 358 g/mol. The summed E-state index contributed by atoms with van der Waals surface area (Å²) >= 11 is 1.26. The number of aliphatic imine (C=N–C) groups is 1. The van der Waals surface area contributed by atoms with E-state index in [9.17, 15) is 8.42 Å². The van der Waals surface area contributed by atoms with Gasteiger partial charge in [-0.25, -0.2) is 13.4 Å². The zero-order chi connectivity index (χ0) is 16.4. The SMILES string of the molecule is CN(C(N)=NCc1ccc(S(=O)(=O)N2CCOCC2)s1)C1CC1. The largest absolute Gasteiger partial charge is 0.379 e. The summed E-state index contributed by atoms with van der Waals surface area (Å²) in [6.45, 7) is 2.13. The van der Waals surface area contributed by atoms with Crippen LogP contribution in [0, 0.1) is 0 Å². The van der Waals surface area contributed by atoms with Crippen LogP contribution in [0.1, 0.15) is 17.7 Å². The first-order chi connectivity index (χ1) is 11.0. The molecule has 2 heterocycles. The fourth-order valence-corrected chi connectivity index (χ4v) is 5.26. The molecule has 2 fully saturated rings. The minimum atomic E-state index is -3.42. The normalized spacial score (nSPS) is 20.7. The van der Waals surface area contributed by atoms with Crippen LogP contribution < -0.4 is 5.73 Å². The fourth-order valence-electron chi connectivity index (χ4n) is 2.42. The first-order valence-corrected chi connectivity index (χ1v) is 9.93. The molecule has 7 nitrogen and oxygen atoms in total. The maximum Gasteiger partial charge on any atom is 0.252 e. The lowest BCUT2D eigenvalue weighted by Gasteiger charge is -2.25. The van der Waals surface area contributed by atoms with Crippen molar-refractivity contribution in [2.75, 3.05) is 33.4 Å². The van der Waals surface area contributed by atoms with E-state index in [0.717, 1.165) is 17.7 Å². The van der Waals surface area contributed by atoms with E-state index in [0.29, 0.717) is 49.1 Å². The van der Waals surface area contributed by atoms with Crippen molar-refractivity contribution < 1.29 is 13.2 Å². The van der Waals surface area contributed by atoms with Crippen LogP contribution in [0.4, 0.5) is 0 Å². The number of guanidine groups is 1. The van der Waals surface area contributed by atoms with Crippen LogP contribution in [0.3, 0.4) is 0 Å². The van der Waals surface area contributed by atoms with Crippen molar-refractivity contribution in [2.24, 2.45) is 10.7 Å². The third kappa shape index (κ3) is 3.85. The summed E-state index contributed by atoms with van der Waals surface area (Å²) in [6, 6.07) is 3.98. The second-order valence-electron chi connectivity index (χ2n) is 5.75. The smallest absolute Gasteiger partial charge is 0.252 e. The summed E-state index contributed by atoms with van der Waals surface area (Å²) in [5, 5.41) is 0. The molecule has 1 saturated carbocycles. The molecule has 0 unspecified atom stereocenters. The minimum absolute atomic E-state index is 0.360. The predicted molar refractivity (Wildman–Crippen MR) is 90.0 cm³/mol. The van der Waals surface area contributed by atoms with Gasteiger partial charge in [-0.05, 0) is 25.0 Å². The van der Waals surface area contributed by atoms with Crippen LogP contribution in [-0.2, 0) is 21.3 Å². The van der Waals surface area contributed by atoms with Gasteiger partial charge < -0.3 is 15.4 Å². The van der Waals surface area contributed by atoms with Gasteiger partial charge in [-0.2, -0.15) is 4.31 Å². The average Bonchev–Trinajstić information content (AvgIpc) is 3.30. The standard InChI is InChI=1S/C14H22N4O3S2/c1-17(11-2-3-11)14(15)16-10-12-4-5-13(22-12)23(19,20)18-6-8-21-9-7-18/h4-5,11H,2-3,6-10H2,1H3,(H2,15,16). The quantitative estimate of drug-likeness (QED) is 0.618. The van der Waals surface area contributed by atoms with Gasteiger partial charge in [0.05, 0.1) is 19.8 Å². The van der Waals surface area contributed by atoms with Crippen molar-refractivity contribution in [2.45, 2.75) is 29.6 Å². The maximum absolute atomic E-state index is 12.6. The Morgan fingerprint density at radius 1 is 1.43 bits per heavy atom. The number of rotatable bonds is 5. The van der Waals surface area contributed by atoms with Gasteiger partial charge in [-0.3, -0.25) is 0 Å². The van der Waals surface area contributed by atoms with E-state index < -0.39 is 10.0 Å². The molecule has 23 heavy (non-hydrogen) atoms. The van der Waals surface area contributed by atoms with Crippen LogP contribution >= 0.6 is 11.3 Å². The first-order valence-electron chi connectivity index (χ1n) is 7.68. The van der Waals surface area contributed by atoms with E-state index in [-0.39, 0.29) is 0 Å². The fraction of sp³-hybridized carbons (Fsp3) is 0.643. The molecule has 0 atom stereocenters. The van der Waals surface area contributed by atoms with Gasteiger partial charge >= 0.3 is 0 Å². The van der Waals surface area contributed by atoms with Crippen LogP contribution in [0.5, 0.6) is 0 Å². The molecular formula is C14H22N4O3S2. The summed E-state index contributed by atoms with van der Waals surface area (Å²) in [5.74, 6) is 0.512. The molecule has 1 saturated heterocycles. The zero-order valence-corrected chi connectivity index (χ0v) is 14.8. The van der Waals surface area contributed by atoms with Gasteiger partial charge in [0.15, 0.2) is 5.96 Å². The number of thiophene rings is 1. The monoisotopic (exact) mass is 358 g/mol. The summed E-state index contributed by atoms with van der Waals surface area (Å²) in [4.78, 5) is 7.24. The Morgan fingerprint density at radius 2 is 2.13 bits per heavy atom. The van der Waals surface area contributed by atoms with E-state index in [4.69, 9.17) is 10.5 Å². The summed E-state index contributed by atoms with van der Waals surface area (Å²) < 4.78 is 32.2. The molecule has 0 radical (unpaired) electrons. The van der Waals surface area contributed by atoms with Crippen molar-refractivity contribution in [3.05, 3.63) is 17.0 Å². The third-order valence-corrected chi connectivity index (χ3v) is 7.49. The molecule has 9 heteroatoms. The number of hydrogen-bond acceptors (Lipinski definition) is 5. The van der Waals surface area contributed by atoms with Gasteiger partial charge in [-0.1, -0.05) is 0 Å². The molecule has 0 spiro atoms. The van der Waals surface area contributed by atoms with E-state index in [1.165, 1.54) is 15.6 Å². The molecule has 128 valence electrons. The predicted octanol–water partition coefficient (Wildman–Crippen LogP) is 0.678. The second-order valence-corrected chi connectivity index (χ2v) is 9.09. The third-order valence-electron chi connectivity index (χ3n) is 4.05. The van der Waals surface area contributed by atoms with Gasteiger partial charge in [0.1, 0.15) is 4.21 Å². The Morgan fingerprint density at radius 3 is 2.78 bits per heavy atom. The topological polar surface area (TPSA) is 88.2 Å². The maximum atomic E-state index is 12.6. The number of nitrogens with two attached hydrogens (primary N) is 1. The Labute approximate surface area is 140 Å². The highest BCUT2D eigenvalue weighted by Crippen LogP contribution is 2.27.